The number of hydrogen-bond donors (Lipinski definition) is 1. The number of anilines is 1. The van der Waals surface area contributed by atoms with E-state index in [1.54, 1.807) is 12.4 Å². The van der Waals surface area contributed by atoms with E-state index in [4.69, 9.17) is 0 Å². The summed E-state index contributed by atoms with van der Waals surface area (Å²) in [6, 6.07) is -0.0777. The molecule has 0 aromatic carbocycles. The fourth-order valence-electron chi connectivity index (χ4n) is 1.80. The molecule has 76 valence electrons. The number of aromatic nitrogens is 2. The van der Waals surface area contributed by atoms with E-state index < -0.39 is 6.17 Å². The van der Waals surface area contributed by atoms with Crippen molar-refractivity contribution in [2.24, 2.45) is 0 Å². The summed E-state index contributed by atoms with van der Waals surface area (Å²) in [5.41, 5.74) is 0.850. The monoisotopic (exact) mass is 195 g/mol. The van der Waals surface area contributed by atoms with Crippen LogP contribution in [0.15, 0.2) is 12.4 Å². The van der Waals surface area contributed by atoms with Gasteiger partial charge in [0, 0.05) is 6.20 Å². The van der Waals surface area contributed by atoms with Crippen LogP contribution in [0, 0.1) is 6.92 Å². The second-order valence-electron chi connectivity index (χ2n) is 3.74. The first-order chi connectivity index (χ1) is 6.75. The number of alkyl halides is 1. The summed E-state index contributed by atoms with van der Waals surface area (Å²) in [6.45, 7) is 1.87. The molecule has 0 aliphatic heterocycles. The Bertz CT molecular complexity index is 316. The number of hydrogen-bond acceptors (Lipinski definition) is 3. The van der Waals surface area contributed by atoms with Crippen LogP contribution in [-0.4, -0.2) is 22.2 Å². The normalized spacial score (nSPS) is 26.4. The number of aryl methyl sites for hydroxylation is 1. The third-order valence-electron chi connectivity index (χ3n) is 2.52. The molecule has 2 atom stereocenters. The van der Waals surface area contributed by atoms with E-state index in [9.17, 15) is 4.39 Å². The lowest BCUT2D eigenvalue weighted by atomic mass is 10.2. The van der Waals surface area contributed by atoms with Crippen LogP contribution in [0.1, 0.15) is 25.0 Å². The molecule has 4 heteroatoms. The molecule has 14 heavy (non-hydrogen) atoms. The number of nitrogens with zero attached hydrogens (tertiary/aromatic N) is 2. The second-order valence-corrected chi connectivity index (χ2v) is 3.74. The van der Waals surface area contributed by atoms with Crippen LogP contribution in [-0.2, 0) is 0 Å². The fourth-order valence-corrected chi connectivity index (χ4v) is 1.80. The van der Waals surface area contributed by atoms with E-state index in [-0.39, 0.29) is 6.04 Å². The van der Waals surface area contributed by atoms with Crippen LogP contribution in [0.25, 0.3) is 0 Å². The van der Waals surface area contributed by atoms with Gasteiger partial charge >= 0.3 is 0 Å². The molecule has 3 nitrogen and oxygen atoms in total. The summed E-state index contributed by atoms with van der Waals surface area (Å²) in [4.78, 5) is 8.23. The topological polar surface area (TPSA) is 37.8 Å². The standard InChI is InChI=1S/C10H14FN3/c1-7-5-12-6-10(13-7)14-9-4-2-3-8(9)11/h5-6,8-9H,2-4H2,1H3,(H,13,14)/t8-,9+/m0/s1. The van der Waals surface area contributed by atoms with Crippen molar-refractivity contribution in [3.8, 4) is 0 Å². The minimum atomic E-state index is -0.739. The molecule has 0 saturated heterocycles. The Morgan fingerprint density at radius 1 is 1.43 bits per heavy atom. The van der Waals surface area contributed by atoms with Gasteiger partial charge in [-0.05, 0) is 26.2 Å². The zero-order valence-electron chi connectivity index (χ0n) is 8.20. The van der Waals surface area contributed by atoms with Gasteiger partial charge in [0.1, 0.15) is 12.0 Å². The van der Waals surface area contributed by atoms with Crippen molar-refractivity contribution in [2.75, 3.05) is 5.32 Å². The molecular formula is C10H14FN3. The third-order valence-corrected chi connectivity index (χ3v) is 2.52. The van der Waals surface area contributed by atoms with E-state index in [1.165, 1.54) is 0 Å². The molecule has 1 aliphatic carbocycles. The Kier molecular flexibility index (Phi) is 2.61. The van der Waals surface area contributed by atoms with E-state index in [1.807, 2.05) is 6.92 Å². The molecule has 1 aromatic heterocycles. The maximum atomic E-state index is 13.3. The molecule has 1 fully saturated rings. The van der Waals surface area contributed by atoms with Crippen LogP contribution >= 0.6 is 0 Å². The van der Waals surface area contributed by atoms with Crippen molar-refractivity contribution in [3.63, 3.8) is 0 Å². The molecular weight excluding hydrogens is 181 g/mol. The van der Waals surface area contributed by atoms with Crippen molar-refractivity contribution in [1.29, 1.82) is 0 Å². The highest BCUT2D eigenvalue weighted by Gasteiger charge is 2.26. The molecule has 0 unspecified atom stereocenters. The Hall–Kier alpha value is -1.19. The second kappa shape index (κ2) is 3.90. The highest BCUT2D eigenvalue weighted by atomic mass is 19.1. The quantitative estimate of drug-likeness (QED) is 0.785. The summed E-state index contributed by atoms with van der Waals surface area (Å²) in [5.74, 6) is 0.680. The van der Waals surface area contributed by atoms with E-state index >= 15 is 0 Å². The summed E-state index contributed by atoms with van der Waals surface area (Å²) in [7, 11) is 0. The lowest BCUT2D eigenvalue weighted by Gasteiger charge is -2.15. The molecule has 0 spiro atoms. The molecule has 0 bridgehead atoms. The Morgan fingerprint density at radius 3 is 2.93 bits per heavy atom. The first kappa shape index (κ1) is 9.37. The average Bonchev–Trinajstić information content (AvgIpc) is 2.52. The van der Waals surface area contributed by atoms with Gasteiger partial charge in [-0.1, -0.05) is 0 Å². The van der Waals surface area contributed by atoms with Gasteiger partial charge in [-0.25, -0.2) is 9.37 Å². The molecule has 1 aliphatic rings. The molecule has 1 saturated carbocycles. The first-order valence-electron chi connectivity index (χ1n) is 4.95. The predicted molar refractivity (Wildman–Crippen MR) is 52.9 cm³/mol. The molecule has 1 aromatic rings. The molecule has 0 radical (unpaired) electrons. The maximum absolute atomic E-state index is 13.3. The molecule has 0 amide bonds. The SMILES string of the molecule is Cc1cncc(N[C@@H]2CCC[C@@H]2F)n1. The van der Waals surface area contributed by atoms with Crippen molar-refractivity contribution in [1.82, 2.24) is 9.97 Å². The van der Waals surface area contributed by atoms with Crippen LogP contribution in [0.3, 0.4) is 0 Å². The van der Waals surface area contributed by atoms with E-state index in [0.717, 1.165) is 18.5 Å². The van der Waals surface area contributed by atoms with Gasteiger partial charge in [-0.2, -0.15) is 0 Å². The third kappa shape index (κ3) is 2.00. The molecule has 1 N–H and O–H groups in total. The number of nitrogens with one attached hydrogen (secondary N) is 1. The first-order valence-corrected chi connectivity index (χ1v) is 4.95. The van der Waals surface area contributed by atoms with Gasteiger partial charge in [0.25, 0.3) is 0 Å². The number of halogens is 1. The van der Waals surface area contributed by atoms with Gasteiger partial charge in [0.2, 0.25) is 0 Å². The van der Waals surface area contributed by atoms with E-state index in [0.29, 0.717) is 12.2 Å². The van der Waals surface area contributed by atoms with Crippen LogP contribution in [0.2, 0.25) is 0 Å². The van der Waals surface area contributed by atoms with Gasteiger partial charge in [0.15, 0.2) is 0 Å². The zero-order valence-corrected chi connectivity index (χ0v) is 8.20. The summed E-state index contributed by atoms with van der Waals surface area (Å²) in [6.07, 6.45) is 5.09. The van der Waals surface area contributed by atoms with Gasteiger partial charge in [-0.3, -0.25) is 4.98 Å². The van der Waals surface area contributed by atoms with Crippen molar-refractivity contribution < 1.29 is 4.39 Å². The van der Waals surface area contributed by atoms with E-state index in [2.05, 4.69) is 15.3 Å². The molecule has 1 heterocycles. The number of rotatable bonds is 2. The Balaban J connectivity index is 2.03. The van der Waals surface area contributed by atoms with Gasteiger partial charge < -0.3 is 5.32 Å². The maximum Gasteiger partial charge on any atom is 0.145 e. The fraction of sp³-hybridized carbons (Fsp3) is 0.600. The smallest absolute Gasteiger partial charge is 0.145 e. The minimum Gasteiger partial charge on any atom is -0.363 e. The summed E-state index contributed by atoms with van der Waals surface area (Å²) >= 11 is 0. The van der Waals surface area contributed by atoms with Crippen LogP contribution in [0.5, 0.6) is 0 Å². The Labute approximate surface area is 82.8 Å². The van der Waals surface area contributed by atoms with Gasteiger partial charge in [-0.15, -0.1) is 0 Å². The lowest BCUT2D eigenvalue weighted by molar-refractivity contribution is 0.323. The van der Waals surface area contributed by atoms with Crippen molar-refractivity contribution >= 4 is 5.82 Å². The highest BCUT2D eigenvalue weighted by molar-refractivity contribution is 5.33. The zero-order chi connectivity index (χ0) is 9.97. The summed E-state index contributed by atoms with van der Waals surface area (Å²) in [5, 5.41) is 3.08. The summed E-state index contributed by atoms with van der Waals surface area (Å²) < 4.78 is 13.3. The van der Waals surface area contributed by atoms with Crippen LogP contribution < -0.4 is 5.32 Å². The largest absolute Gasteiger partial charge is 0.363 e. The highest BCUT2D eigenvalue weighted by Crippen LogP contribution is 2.24. The average molecular weight is 195 g/mol. The van der Waals surface area contributed by atoms with Crippen molar-refractivity contribution in [2.45, 2.75) is 38.4 Å². The molecule has 2 rings (SSSR count). The lowest BCUT2D eigenvalue weighted by Crippen LogP contribution is -2.25. The Morgan fingerprint density at radius 2 is 2.29 bits per heavy atom. The minimum absolute atomic E-state index is 0.0777. The van der Waals surface area contributed by atoms with Crippen molar-refractivity contribution in [3.05, 3.63) is 18.1 Å². The van der Waals surface area contributed by atoms with Gasteiger partial charge in [0.05, 0.1) is 17.9 Å². The predicted octanol–water partition coefficient (Wildman–Crippen LogP) is 2.09. The van der Waals surface area contributed by atoms with Crippen LogP contribution in [0.4, 0.5) is 10.2 Å².